The number of aryl methyl sites for hydroxylation is 2. The van der Waals surface area contributed by atoms with E-state index in [1.807, 2.05) is 6.92 Å². The predicted molar refractivity (Wildman–Crippen MR) is 186 cm³/mol. The van der Waals surface area contributed by atoms with Gasteiger partial charge in [-0.1, -0.05) is 0 Å². The third-order valence-corrected chi connectivity index (χ3v) is 12.3. The van der Waals surface area contributed by atoms with Gasteiger partial charge in [0.2, 0.25) is 0 Å². The van der Waals surface area contributed by atoms with Gasteiger partial charge in [0.05, 0.1) is 0 Å². The van der Waals surface area contributed by atoms with Gasteiger partial charge in [-0.15, -0.1) is 0 Å². The van der Waals surface area contributed by atoms with Crippen molar-refractivity contribution in [1.82, 2.24) is 0 Å². The van der Waals surface area contributed by atoms with E-state index in [0.717, 1.165) is 59.1 Å². The van der Waals surface area contributed by atoms with Crippen molar-refractivity contribution in [3.8, 4) is 0 Å². The minimum absolute atomic E-state index is 0.0624. The van der Waals surface area contributed by atoms with Crippen LogP contribution in [-0.2, 0) is 21.7 Å². The van der Waals surface area contributed by atoms with Gasteiger partial charge in [-0.3, -0.25) is 0 Å². The van der Waals surface area contributed by atoms with Gasteiger partial charge in [0.15, 0.2) is 0 Å². The second-order valence-electron chi connectivity index (χ2n) is 17.2. The van der Waals surface area contributed by atoms with Crippen molar-refractivity contribution in [2.45, 2.75) is 164 Å². The van der Waals surface area contributed by atoms with Crippen molar-refractivity contribution in [2.75, 3.05) is 0 Å². The Morgan fingerprint density at radius 2 is 1.05 bits per heavy atom. The molecule has 2 aromatic carbocycles. The molecule has 0 saturated carbocycles. The van der Waals surface area contributed by atoms with Gasteiger partial charge in [-0.25, -0.2) is 0 Å². The second-order valence-corrected chi connectivity index (χ2v) is 20.3. The summed E-state index contributed by atoms with van der Waals surface area (Å²) in [6.45, 7) is 34.5. The first kappa shape index (κ1) is 36.9. The Morgan fingerprint density at radius 1 is 0.619 bits per heavy atom. The molecule has 0 heterocycles. The molecule has 0 saturated heterocycles. The third-order valence-electron chi connectivity index (χ3n) is 9.17. The fraction of sp³-hybridized carbons (Fsp3) is 0.684. The Labute approximate surface area is 259 Å². The van der Waals surface area contributed by atoms with E-state index in [9.17, 15) is 14.7 Å². The summed E-state index contributed by atoms with van der Waals surface area (Å²) in [7, 11) is -5.59. The average Bonchev–Trinajstić information content (AvgIpc) is 2.78. The Bertz CT molecular complexity index is 1250. The van der Waals surface area contributed by atoms with Crippen LogP contribution in [0.25, 0.3) is 0 Å². The first-order valence-electron chi connectivity index (χ1n) is 16.2. The molecular weight excluding hydrogens is 535 g/mol. The zero-order valence-corrected chi connectivity index (χ0v) is 31.0. The molecule has 0 aliphatic carbocycles. The summed E-state index contributed by atoms with van der Waals surface area (Å²) >= 11 is 0. The summed E-state index contributed by atoms with van der Waals surface area (Å²) in [6.07, 6.45) is 3.56. The monoisotopic (exact) mass is 600 g/mol. The Hall–Kier alpha value is -1.25. The van der Waals surface area contributed by atoms with E-state index in [4.69, 9.17) is 0 Å². The molecule has 3 nitrogen and oxygen atoms in total. The zero-order valence-electron chi connectivity index (χ0n) is 30.1. The summed E-state index contributed by atoms with van der Waals surface area (Å²) in [4.78, 5) is 38.9. The standard InChI is InChI=1S/C38H65O3P/c1-17-19-20-27(18-2)34(32-25(3)21-28(35(5,6)7)23-30(32)37(11,12)13)42(39,40,41)33-26(4)22-29(36(8,9)10)24-31(33)38(14,15)16/h21-24,27,34,39-41H,17-20H2,1-16H3. The van der Waals surface area contributed by atoms with Crippen molar-refractivity contribution in [3.05, 3.63) is 63.2 Å². The molecule has 3 N–H and O–H groups in total. The molecule has 2 atom stereocenters. The van der Waals surface area contributed by atoms with Crippen LogP contribution >= 0.6 is 7.28 Å². The number of hydrogen-bond donors (Lipinski definition) is 3. The van der Waals surface area contributed by atoms with Crippen LogP contribution in [0.2, 0.25) is 0 Å². The van der Waals surface area contributed by atoms with Crippen LogP contribution < -0.4 is 5.30 Å². The van der Waals surface area contributed by atoms with Crippen LogP contribution in [0, 0.1) is 19.8 Å². The minimum atomic E-state index is -5.59. The van der Waals surface area contributed by atoms with E-state index in [0.29, 0.717) is 5.30 Å². The van der Waals surface area contributed by atoms with Crippen molar-refractivity contribution in [2.24, 2.45) is 5.92 Å². The maximum absolute atomic E-state index is 13.0. The van der Waals surface area contributed by atoms with Gasteiger partial charge >= 0.3 is 260 Å². The molecule has 4 heteroatoms. The van der Waals surface area contributed by atoms with Crippen molar-refractivity contribution in [1.29, 1.82) is 0 Å². The van der Waals surface area contributed by atoms with E-state index in [-0.39, 0.29) is 22.2 Å². The fourth-order valence-corrected chi connectivity index (χ4v) is 10.5. The van der Waals surface area contributed by atoms with Crippen molar-refractivity contribution >= 4 is 12.6 Å². The van der Waals surface area contributed by atoms with Crippen LogP contribution in [0.1, 0.15) is 167 Å². The number of hydrogen-bond acceptors (Lipinski definition) is 3. The summed E-state index contributed by atoms with van der Waals surface area (Å²) in [5, 5.41) is 0.362. The molecular formula is C38H65O3P. The first-order valence-corrected chi connectivity index (χ1v) is 18.4. The van der Waals surface area contributed by atoms with E-state index < -0.39 is 18.4 Å². The van der Waals surface area contributed by atoms with Crippen LogP contribution in [0.5, 0.6) is 0 Å². The summed E-state index contributed by atoms with van der Waals surface area (Å²) < 4.78 is 0. The summed E-state index contributed by atoms with van der Waals surface area (Å²) in [5.74, 6) is -0.0996. The third kappa shape index (κ3) is 7.69. The molecule has 42 heavy (non-hydrogen) atoms. The molecule has 0 spiro atoms. The first-order chi connectivity index (χ1) is 18.7. The zero-order chi connectivity index (χ0) is 32.9. The molecule has 0 fully saturated rings. The summed E-state index contributed by atoms with van der Waals surface area (Å²) in [6, 6.07) is 8.68. The van der Waals surface area contributed by atoms with Gasteiger partial charge in [0.25, 0.3) is 0 Å². The molecule has 0 radical (unpaired) electrons. The van der Waals surface area contributed by atoms with E-state index in [2.05, 4.69) is 128 Å². The number of rotatable bonds is 8. The molecule has 0 bridgehead atoms. The molecule has 240 valence electrons. The Balaban J connectivity index is 3.23. The van der Waals surface area contributed by atoms with Crippen molar-refractivity contribution < 1.29 is 14.7 Å². The number of benzene rings is 2. The van der Waals surface area contributed by atoms with Gasteiger partial charge < -0.3 is 0 Å². The van der Waals surface area contributed by atoms with Gasteiger partial charge in [-0.2, -0.15) is 0 Å². The van der Waals surface area contributed by atoms with E-state index in [1.54, 1.807) is 0 Å². The Morgan fingerprint density at radius 3 is 1.43 bits per heavy atom. The molecule has 0 aliphatic rings. The molecule has 2 rings (SSSR count). The molecule has 0 aliphatic heterocycles. The van der Waals surface area contributed by atoms with Gasteiger partial charge in [0, 0.05) is 0 Å². The molecule has 2 aromatic rings. The average molecular weight is 601 g/mol. The van der Waals surface area contributed by atoms with Crippen LogP contribution in [0.15, 0.2) is 24.3 Å². The van der Waals surface area contributed by atoms with Gasteiger partial charge in [-0.05, 0) is 0 Å². The molecule has 2 unspecified atom stereocenters. The van der Waals surface area contributed by atoms with Gasteiger partial charge in [0.1, 0.15) is 0 Å². The SMILES string of the molecule is CCCCC(CC)C(c1c(C)cc(C(C)(C)C)cc1C(C)(C)C)P(O)(O)(O)c1c(C)cc(C(C)(C)C)cc1C(C)(C)C. The molecule has 0 aromatic heterocycles. The quantitative estimate of drug-likeness (QED) is 0.264. The fourth-order valence-electron chi connectivity index (χ4n) is 6.65. The predicted octanol–water partition coefficient (Wildman–Crippen LogP) is 10.4. The number of unbranched alkanes of at least 4 members (excludes halogenated alkanes) is 1. The van der Waals surface area contributed by atoms with E-state index >= 15 is 0 Å². The van der Waals surface area contributed by atoms with Crippen molar-refractivity contribution in [3.63, 3.8) is 0 Å². The second kappa shape index (κ2) is 11.9. The van der Waals surface area contributed by atoms with Crippen LogP contribution in [0.4, 0.5) is 0 Å². The van der Waals surface area contributed by atoms with E-state index in [1.165, 1.54) is 5.56 Å². The molecule has 0 amide bonds. The Kier molecular flexibility index (Phi) is 10.5. The maximum atomic E-state index is 13.0. The summed E-state index contributed by atoms with van der Waals surface area (Å²) in [5.41, 5.74) is 5.31. The normalized spacial score (nSPS) is 16.2. The van der Waals surface area contributed by atoms with Crippen LogP contribution in [0.3, 0.4) is 0 Å². The topological polar surface area (TPSA) is 60.7 Å². The van der Waals surface area contributed by atoms with Crippen LogP contribution in [-0.4, -0.2) is 14.7 Å².